The number of benzene rings is 1. The van der Waals surface area contributed by atoms with E-state index in [1.807, 2.05) is 0 Å². The van der Waals surface area contributed by atoms with Crippen LogP contribution in [-0.2, 0) is 0 Å². The minimum Gasteiger partial charge on any atom is -0.489 e. The number of ether oxygens (including phenoxy) is 1. The van der Waals surface area contributed by atoms with Gasteiger partial charge in [0.2, 0.25) is 0 Å². The second-order valence-electron chi connectivity index (χ2n) is 5.14. The van der Waals surface area contributed by atoms with Crippen molar-refractivity contribution in [1.82, 2.24) is 9.80 Å². The molecule has 1 heterocycles. The zero-order valence-corrected chi connectivity index (χ0v) is 13.1. The molecule has 1 aromatic rings. The van der Waals surface area contributed by atoms with E-state index in [1.165, 1.54) is 0 Å². The Hall–Kier alpha value is -0.520. The van der Waals surface area contributed by atoms with Crippen LogP contribution in [0.25, 0.3) is 0 Å². The summed E-state index contributed by atoms with van der Waals surface area (Å²) in [6, 6.07) is 5.06. The van der Waals surface area contributed by atoms with E-state index in [0.29, 0.717) is 22.3 Å². The molecule has 0 aromatic heterocycles. The predicted octanol–water partition coefficient (Wildman–Crippen LogP) is 1.98. The molecular weight excluding hydrogens is 299 g/mol. The summed E-state index contributed by atoms with van der Waals surface area (Å²) in [7, 11) is 2.11. The van der Waals surface area contributed by atoms with Gasteiger partial charge in [0.1, 0.15) is 18.5 Å². The highest BCUT2D eigenvalue weighted by Crippen LogP contribution is 2.27. The SMILES string of the molecule is CN1CCN(CC(O)COc2ccc(Cl)cc2Cl)CC1. The van der Waals surface area contributed by atoms with Gasteiger partial charge in [0.25, 0.3) is 0 Å². The van der Waals surface area contributed by atoms with Gasteiger partial charge in [-0.3, -0.25) is 4.90 Å². The van der Waals surface area contributed by atoms with Crippen LogP contribution in [-0.4, -0.2) is 67.4 Å². The molecule has 2 rings (SSSR count). The average Bonchev–Trinajstić information content (AvgIpc) is 2.40. The number of likely N-dealkylation sites (N-methyl/N-ethyl adjacent to an activating group) is 1. The van der Waals surface area contributed by atoms with Crippen molar-refractivity contribution < 1.29 is 9.84 Å². The fourth-order valence-corrected chi connectivity index (χ4v) is 2.62. The molecule has 1 unspecified atom stereocenters. The second kappa shape index (κ2) is 7.48. The van der Waals surface area contributed by atoms with Crippen molar-refractivity contribution in [2.75, 3.05) is 46.4 Å². The van der Waals surface area contributed by atoms with Crippen molar-refractivity contribution in [2.24, 2.45) is 0 Å². The molecule has 1 atom stereocenters. The number of piperazine rings is 1. The number of aliphatic hydroxyl groups is 1. The molecule has 1 aliphatic rings. The highest BCUT2D eigenvalue weighted by atomic mass is 35.5. The predicted molar refractivity (Wildman–Crippen MR) is 81.9 cm³/mol. The van der Waals surface area contributed by atoms with Crippen molar-refractivity contribution in [3.8, 4) is 5.75 Å². The van der Waals surface area contributed by atoms with Crippen LogP contribution in [0.15, 0.2) is 18.2 Å². The number of β-amino-alcohol motifs (C(OH)–C–C–N with tert-alkyl or cyclic N) is 1. The Balaban J connectivity index is 1.76. The third-order valence-corrected chi connectivity index (χ3v) is 3.92. The molecule has 1 saturated heterocycles. The number of rotatable bonds is 5. The Morgan fingerprint density at radius 3 is 2.60 bits per heavy atom. The fraction of sp³-hybridized carbons (Fsp3) is 0.571. The maximum absolute atomic E-state index is 10.0. The summed E-state index contributed by atoms with van der Waals surface area (Å²) in [4.78, 5) is 4.53. The molecule has 20 heavy (non-hydrogen) atoms. The molecule has 0 radical (unpaired) electrons. The molecule has 112 valence electrons. The van der Waals surface area contributed by atoms with E-state index in [2.05, 4.69) is 16.8 Å². The lowest BCUT2D eigenvalue weighted by molar-refractivity contribution is 0.0505. The molecule has 0 aliphatic carbocycles. The van der Waals surface area contributed by atoms with Gasteiger partial charge in [-0.05, 0) is 25.2 Å². The first-order valence-corrected chi connectivity index (χ1v) is 7.47. The number of hydrogen-bond acceptors (Lipinski definition) is 4. The molecule has 4 nitrogen and oxygen atoms in total. The molecular formula is C14H20Cl2N2O2. The Labute approximate surface area is 129 Å². The quantitative estimate of drug-likeness (QED) is 0.900. The van der Waals surface area contributed by atoms with Crippen LogP contribution >= 0.6 is 23.2 Å². The average molecular weight is 319 g/mol. The summed E-state index contributed by atoms with van der Waals surface area (Å²) in [5, 5.41) is 11.1. The zero-order valence-electron chi connectivity index (χ0n) is 11.6. The summed E-state index contributed by atoms with van der Waals surface area (Å²) in [6.07, 6.45) is -0.523. The van der Waals surface area contributed by atoms with Gasteiger partial charge < -0.3 is 14.7 Å². The number of halogens is 2. The zero-order chi connectivity index (χ0) is 14.5. The van der Waals surface area contributed by atoms with E-state index >= 15 is 0 Å². The van der Waals surface area contributed by atoms with E-state index in [-0.39, 0.29) is 6.61 Å². The third kappa shape index (κ3) is 4.79. The smallest absolute Gasteiger partial charge is 0.138 e. The minimum atomic E-state index is -0.523. The Kier molecular flexibility index (Phi) is 5.93. The Morgan fingerprint density at radius 1 is 1.25 bits per heavy atom. The van der Waals surface area contributed by atoms with E-state index < -0.39 is 6.10 Å². The van der Waals surface area contributed by atoms with Gasteiger partial charge in [-0.15, -0.1) is 0 Å². The summed E-state index contributed by atoms with van der Waals surface area (Å²) in [6.45, 7) is 4.89. The Morgan fingerprint density at radius 2 is 1.95 bits per heavy atom. The largest absolute Gasteiger partial charge is 0.489 e. The molecule has 0 bridgehead atoms. The van der Waals surface area contributed by atoms with Crippen molar-refractivity contribution in [2.45, 2.75) is 6.10 Å². The maximum atomic E-state index is 10.0. The van der Waals surface area contributed by atoms with Gasteiger partial charge in [-0.25, -0.2) is 0 Å². The van der Waals surface area contributed by atoms with Gasteiger partial charge in [0.05, 0.1) is 5.02 Å². The summed E-state index contributed by atoms with van der Waals surface area (Å²) >= 11 is 11.8. The number of hydrogen-bond donors (Lipinski definition) is 1. The monoisotopic (exact) mass is 318 g/mol. The topological polar surface area (TPSA) is 35.9 Å². The number of nitrogens with zero attached hydrogens (tertiary/aromatic N) is 2. The lowest BCUT2D eigenvalue weighted by Crippen LogP contribution is -2.47. The van der Waals surface area contributed by atoms with Crippen molar-refractivity contribution in [1.29, 1.82) is 0 Å². The highest BCUT2D eigenvalue weighted by molar-refractivity contribution is 6.35. The lowest BCUT2D eigenvalue weighted by atomic mass is 10.3. The van der Waals surface area contributed by atoms with Gasteiger partial charge in [0.15, 0.2) is 0 Å². The van der Waals surface area contributed by atoms with Gasteiger partial charge >= 0.3 is 0 Å². The van der Waals surface area contributed by atoms with Gasteiger partial charge in [0, 0.05) is 37.7 Å². The molecule has 0 saturated carbocycles. The highest BCUT2D eigenvalue weighted by Gasteiger charge is 2.17. The van der Waals surface area contributed by atoms with E-state index in [9.17, 15) is 5.11 Å². The first kappa shape index (κ1) is 15.9. The Bertz CT molecular complexity index is 437. The molecule has 6 heteroatoms. The van der Waals surface area contributed by atoms with Gasteiger partial charge in [-0.2, -0.15) is 0 Å². The van der Waals surface area contributed by atoms with Crippen molar-refractivity contribution in [3.63, 3.8) is 0 Å². The molecule has 1 aromatic carbocycles. The summed E-state index contributed by atoms with van der Waals surface area (Å²) < 4.78 is 5.54. The second-order valence-corrected chi connectivity index (χ2v) is 5.99. The molecule has 1 fully saturated rings. The summed E-state index contributed by atoms with van der Waals surface area (Å²) in [5.41, 5.74) is 0. The van der Waals surface area contributed by atoms with E-state index in [1.54, 1.807) is 18.2 Å². The first-order valence-electron chi connectivity index (χ1n) is 6.71. The van der Waals surface area contributed by atoms with Crippen molar-refractivity contribution in [3.05, 3.63) is 28.2 Å². The fourth-order valence-electron chi connectivity index (χ4n) is 2.16. The van der Waals surface area contributed by atoms with Crippen LogP contribution in [0.5, 0.6) is 5.75 Å². The van der Waals surface area contributed by atoms with E-state index in [4.69, 9.17) is 27.9 Å². The van der Waals surface area contributed by atoms with Crippen LogP contribution < -0.4 is 4.74 Å². The minimum absolute atomic E-state index is 0.230. The van der Waals surface area contributed by atoms with Crippen LogP contribution in [0.2, 0.25) is 10.0 Å². The summed E-state index contributed by atoms with van der Waals surface area (Å²) in [5.74, 6) is 0.550. The van der Waals surface area contributed by atoms with Crippen molar-refractivity contribution >= 4 is 23.2 Å². The normalized spacial score (nSPS) is 19.0. The van der Waals surface area contributed by atoms with Crippen LogP contribution in [0.3, 0.4) is 0 Å². The number of aliphatic hydroxyl groups excluding tert-OH is 1. The maximum Gasteiger partial charge on any atom is 0.138 e. The van der Waals surface area contributed by atoms with Crippen LogP contribution in [0.4, 0.5) is 0 Å². The van der Waals surface area contributed by atoms with E-state index in [0.717, 1.165) is 26.2 Å². The standard InChI is InChI=1S/C14H20Cl2N2O2/c1-17-4-6-18(7-5-17)9-12(19)10-20-14-3-2-11(15)8-13(14)16/h2-3,8,12,19H,4-7,9-10H2,1H3. The lowest BCUT2D eigenvalue weighted by Gasteiger charge is -2.33. The van der Waals surface area contributed by atoms with Crippen LogP contribution in [0.1, 0.15) is 0 Å². The van der Waals surface area contributed by atoms with Crippen LogP contribution in [0, 0.1) is 0 Å². The molecule has 1 aliphatic heterocycles. The molecule has 1 N–H and O–H groups in total. The molecule has 0 amide bonds. The van der Waals surface area contributed by atoms with Gasteiger partial charge in [-0.1, -0.05) is 23.2 Å². The third-order valence-electron chi connectivity index (χ3n) is 3.39. The first-order chi connectivity index (χ1) is 9.54. The molecule has 0 spiro atoms.